The standard InChI is InChI=1S/C25H26N2O3/c1-3-19-10-13-21(14-11-19)26-17-20-12-15-23(24(16-20)29-4-2)30-18-25(28)27-22-8-6-5-7-9-22/h5-17H,3-4,18H2,1-2H3,(H,27,28). The number of aliphatic imine (C=N–C) groups is 1. The van der Waals surface area contributed by atoms with Gasteiger partial charge in [-0.15, -0.1) is 0 Å². The molecule has 0 aliphatic heterocycles. The molecule has 0 spiro atoms. The minimum atomic E-state index is -0.232. The van der Waals surface area contributed by atoms with Gasteiger partial charge in [-0.25, -0.2) is 0 Å². The van der Waals surface area contributed by atoms with E-state index in [1.807, 2.05) is 61.5 Å². The third-order valence-corrected chi connectivity index (χ3v) is 4.39. The zero-order valence-corrected chi connectivity index (χ0v) is 17.3. The fourth-order valence-corrected chi connectivity index (χ4v) is 2.82. The maximum Gasteiger partial charge on any atom is 0.262 e. The molecule has 3 aromatic rings. The maximum atomic E-state index is 12.1. The summed E-state index contributed by atoms with van der Waals surface area (Å²) in [4.78, 5) is 16.6. The lowest BCUT2D eigenvalue weighted by Gasteiger charge is -2.12. The van der Waals surface area contributed by atoms with Gasteiger partial charge in [0.25, 0.3) is 5.91 Å². The molecular weight excluding hydrogens is 376 g/mol. The summed E-state index contributed by atoms with van der Waals surface area (Å²) in [6.45, 7) is 4.42. The zero-order valence-electron chi connectivity index (χ0n) is 17.3. The number of carbonyl (C=O) groups is 1. The number of rotatable bonds is 9. The normalized spacial score (nSPS) is 10.7. The van der Waals surface area contributed by atoms with Crippen LogP contribution in [0.2, 0.25) is 0 Å². The van der Waals surface area contributed by atoms with Crippen LogP contribution in [0.3, 0.4) is 0 Å². The van der Waals surface area contributed by atoms with Crippen LogP contribution in [-0.4, -0.2) is 25.3 Å². The number of hydrogen-bond donors (Lipinski definition) is 1. The number of para-hydroxylation sites is 1. The van der Waals surface area contributed by atoms with Crippen molar-refractivity contribution in [1.82, 2.24) is 0 Å². The van der Waals surface area contributed by atoms with Crippen molar-refractivity contribution >= 4 is 23.5 Å². The van der Waals surface area contributed by atoms with Crippen LogP contribution in [0.4, 0.5) is 11.4 Å². The van der Waals surface area contributed by atoms with E-state index in [-0.39, 0.29) is 12.5 Å². The molecule has 0 atom stereocenters. The van der Waals surface area contributed by atoms with Crippen LogP contribution in [0.15, 0.2) is 77.8 Å². The monoisotopic (exact) mass is 402 g/mol. The average Bonchev–Trinajstić information content (AvgIpc) is 2.78. The first-order chi connectivity index (χ1) is 14.7. The highest BCUT2D eigenvalue weighted by Crippen LogP contribution is 2.28. The Bertz CT molecular complexity index is 983. The molecule has 3 rings (SSSR count). The molecule has 5 nitrogen and oxygen atoms in total. The van der Waals surface area contributed by atoms with Crippen molar-refractivity contribution < 1.29 is 14.3 Å². The fourth-order valence-electron chi connectivity index (χ4n) is 2.82. The zero-order chi connectivity index (χ0) is 21.2. The third kappa shape index (κ3) is 6.21. The number of aryl methyl sites for hydroxylation is 1. The van der Waals surface area contributed by atoms with E-state index in [4.69, 9.17) is 9.47 Å². The first-order valence-corrected chi connectivity index (χ1v) is 10.1. The fraction of sp³-hybridized carbons (Fsp3) is 0.200. The Morgan fingerprint density at radius 1 is 0.933 bits per heavy atom. The highest BCUT2D eigenvalue weighted by molar-refractivity contribution is 5.91. The number of anilines is 1. The van der Waals surface area contributed by atoms with E-state index in [1.54, 1.807) is 12.3 Å². The van der Waals surface area contributed by atoms with Gasteiger partial charge < -0.3 is 14.8 Å². The Morgan fingerprint density at radius 2 is 1.70 bits per heavy atom. The summed E-state index contributed by atoms with van der Waals surface area (Å²) in [5.74, 6) is 0.865. The minimum absolute atomic E-state index is 0.105. The van der Waals surface area contributed by atoms with Gasteiger partial charge in [-0.1, -0.05) is 37.3 Å². The van der Waals surface area contributed by atoms with Gasteiger partial charge in [0, 0.05) is 11.9 Å². The number of nitrogens with one attached hydrogen (secondary N) is 1. The molecule has 0 aliphatic rings. The van der Waals surface area contributed by atoms with Crippen molar-refractivity contribution in [3.05, 3.63) is 83.9 Å². The molecule has 154 valence electrons. The molecular formula is C25H26N2O3. The molecule has 0 aliphatic carbocycles. The van der Waals surface area contributed by atoms with Crippen LogP contribution in [0, 0.1) is 0 Å². The lowest BCUT2D eigenvalue weighted by molar-refractivity contribution is -0.118. The summed E-state index contributed by atoms with van der Waals surface area (Å²) < 4.78 is 11.4. The highest BCUT2D eigenvalue weighted by atomic mass is 16.5. The molecule has 5 heteroatoms. The van der Waals surface area contributed by atoms with E-state index in [0.717, 1.165) is 23.4 Å². The first-order valence-electron chi connectivity index (χ1n) is 10.1. The Balaban J connectivity index is 1.65. The van der Waals surface area contributed by atoms with E-state index >= 15 is 0 Å². The van der Waals surface area contributed by atoms with Crippen molar-refractivity contribution in [3.63, 3.8) is 0 Å². The number of hydrogen-bond acceptors (Lipinski definition) is 4. The largest absolute Gasteiger partial charge is 0.490 e. The van der Waals surface area contributed by atoms with Crippen LogP contribution >= 0.6 is 0 Å². The third-order valence-electron chi connectivity index (χ3n) is 4.39. The van der Waals surface area contributed by atoms with Gasteiger partial charge in [0.2, 0.25) is 0 Å². The summed E-state index contributed by atoms with van der Waals surface area (Å²) in [6.07, 6.45) is 2.79. The van der Waals surface area contributed by atoms with Gasteiger partial charge in [0.1, 0.15) is 0 Å². The quantitative estimate of drug-likeness (QED) is 0.487. The Kier molecular flexibility index (Phi) is 7.61. The lowest BCUT2D eigenvalue weighted by Crippen LogP contribution is -2.20. The SMILES string of the molecule is CCOc1cc(C=Nc2ccc(CC)cc2)ccc1OCC(=O)Nc1ccccc1. The summed E-state index contributed by atoms with van der Waals surface area (Å²) in [5.41, 5.74) is 3.79. The van der Waals surface area contributed by atoms with Crippen molar-refractivity contribution in [2.75, 3.05) is 18.5 Å². The van der Waals surface area contributed by atoms with Crippen LogP contribution in [0.5, 0.6) is 11.5 Å². The Labute approximate surface area is 177 Å². The summed E-state index contributed by atoms with van der Waals surface area (Å²) in [5, 5.41) is 2.80. The second kappa shape index (κ2) is 10.8. The summed E-state index contributed by atoms with van der Waals surface area (Å²) >= 11 is 0. The van der Waals surface area contributed by atoms with E-state index in [2.05, 4.69) is 29.4 Å². The number of ether oxygens (including phenoxy) is 2. The van der Waals surface area contributed by atoms with E-state index in [0.29, 0.717) is 18.1 Å². The number of amides is 1. The lowest BCUT2D eigenvalue weighted by atomic mass is 10.1. The van der Waals surface area contributed by atoms with Crippen LogP contribution < -0.4 is 14.8 Å². The first kappa shape index (κ1) is 21.1. The molecule has 0 bridgehead atoms. The second-order valence-corrected chi connectivity index (χ2v) is 6.62. The number of nitrogens with zero attached hydrogens (tertiary/aromatic N) is 1. The molecule has 0 unspecified atom stereocenters. The summed E-state index contributed by atoms with van der Waals surface area (Å²) in [6, 6.07) is 23.0. The van der Waals surface area contributed by atoms with E-state index in [1.165, 1.54) is 5.56 Å². The average molecular weight is 402 g/mol. The van der Waals surface area contributed by atoms with Gasteiger partial charge in [-0.2, -0.15) is 0 Å². The van der Waals surface area contributed by atoms with Crippen LogP contribution in [-0.2, 0) is 11.2 Å². The topological polar surface area (TPSA) is 59.9 Å². The molecule has 0 heterocycles. The molecule has 0 saturated heterocycles. The molecule has 0 saturated carbocycles. The molecule has 0 fully saturated rings. The van der Waals surface area contributed by atoms with Gasteiger partial charge in [-0.05, 0) is 66.9 Å². The molecule has 0 radical (unpaired) electrons. The van der Waals surface area contributed by atoms with Gasteiger partial charge in [0.05, 0.1) is 12.3 Å². The summed E-state index contributed by atoms with van der Waals surface area (Å²) in [7, 11) is 0. The number of carbonyl (C=O) groups excluding carboxylic acids is 1. The maximum absolute atomic E-state index is 12.1. The smallest absolute Gasteiger partial charge is 0.262 e. The van der Waals surface area contributed by atoms with Gasteiger partial charge in [-0.3, -0.25) is 9.79 Å². The molecule has 1 amide bonds. The van der Waals surface area contributed by atoms with Crippen molar-refractivity contribution in [1.29, 1.82) is 0 Å². The van der Waals surface area contributed by atoms with Crippen LogP contribution in [0.1, 0.15) is 25.0 Å². The second-order valence-electron chi connectivity index (χ2n) is 6.62. The molecule has 0 aromatic heterocycles. The predicted octanol–water partition coefficient (Wildman–Crippen LogP) is 5.42. The van der Waals surface area contributed by atoms with Gasteiger partial charge >= 0.3 is 0 Å². The molecule has 30 heavy (non-hydrogen) atoms. The van der Waals surface area contributed by atoms with Crippen molar-refractivity contribution in [2.24, 2.45) is 4.99 Å². The molecule has 3 aromatic carbocycles. The Hall–Kier alpha value is -3.60. The Morgan fingerprint density at radius 3 is 2.40 bits per heavy atom. The molecule has 1 N–H and O–H groups in total. The highest BCUT2D eigenvalue weighted by Gasteiger charge is 2.09. The minimum Gasteiger partial charge on any atom is -0.490 e. The van der Waals surface area contributed by atoms with Crippen LogP contribution in [0.25, 0.3) is 0 Å². The number of benzene rings is 3. The van der Waals surface area contributed by atoms with Crippen molar-refractivity contribution in [2.45, 2.75) is 20.3 Å². The van der Waals surface area contributed by atoms with Crippen molar-refractivity contribution in [3.8, 4) is 11.5 Å². The van der Waals surface area contributed by atoms with Gasteiger partial charge in [0.15, 0.2) is 18.1 Å². The predicted molar refractivity (Wildman–Crippen MR) is 121 cm³/mol. The van der Waals surface area contributed by atoms with E-state index < -0.39 is 0 Å². The van der Waals surface area contributed by atoms with E-state index in [9.17, 15) is 4.79 Å².